The third-order valence-electron chi connectivity index (χ3n) is 2.98. The van der Waals surface area contributed by atoms with E-state index in [2.05, 4.69) is 5.32 Å². The molecule has 0 spiro atoms. The van der Waals surface area contributed by atoms with Crippen LogP contribution in [0.25, 0.3) is 0 Å². The van der Waals surface area contributed by atoms with Crippen LogP contribution in [-0.4, -0.2) is 19.3 Å². The topological polar surface area (TPSA) is 50.7 Å². The Morgan fingerprint density at radius 1 is 1.05 bits per heavy atom. The number of phenolic OH excluding ortho intramolecular Hbond substituents is 1. The number of hydrogen-bond donors (Lipinski definition) is 2. The molecule has 0 atom stereocenters. The van der Waals surface area contributed by atoms with Crippen molar-refractivity contribution in [3.63, 3.8) is 0 Å². The third kappa shape index (κ3) is 3.65. The van der Waals surface area contributed by atoms with Crippen molar-refractivity contribution in [1.29, 1.82) is 0 Å². The molecule has 0 radical (unpaired) electrons. The van der Waals surface area contributed by atoms with Gasteiger partial charge in [-0.3, -0.25) is 0 Å². The summed E-state index contributed by atoms with van der Waals surface area (Å²) < 4.78 is 10.5. The van der Waals surface area contributed by atoms with Crippen molar-refractivity contribution >= 4 is 28.9 Å². The SMILES string of the molecule is COc1cc(NCc2cc(Cl)ccc2O)c(OC)cc1Cl. The van der Waals surface area contributed by atoms with Crippen LogP contribution in [0.1, 0.15) is 5.56 Å². The van der Waals surface area contributed by atoms with Crippen LogP contribution in [0.5, 0.6) is 17.2 Å². The summed E-state index contributed by atoms with van der Waals surface area (Å²) in [7, 11) is 3.10. The zero-order valence-corrected chi connectivity index (χ0v) is 13.1. The molecule has 2 aromatic rings. The van der Waals surface area contributed by atoms with E-state index in [9.17, 15) is 5.11 Å². The number of hydrogen-bond acceptors (Lipinski definition) is 4. The summed E-state index contributed by atoms with van der Waals surface area (Å²) >= 11 is 12.0. The van der Waals surface area contributed by atoms with Gasteiger partial charge >= 0.3 is 0 Å². The van der Waals surface area contributed by atoms with Gasteiger partial charge < -0.3 is 19.9 Å². The highest BCUT2D eigenvalue weighted by Gasteiger charge is 2.10. The summed E-state index contributed by atoms with van der Waals surface area (Å²) in [6, 6.07) is 8.29. The molecule has 0 aromatic heterocycles. The van der Waals surface area contributed by atoms with Gasteiger partial charge in [-0.1, -0.05) is 23.2 Å². The maximum atomic E-state index is 9.81. The van der Waals surface area contributed by atoms with Gasteiger partial charge in [0.1, 0.15) is 17.2 Å². The first kappa shape index (κ1) is 15.6. The van der Waals surface area contributed by atoms with E-state index in [0.29, 0.717) is 39.3 Å². The van der Waals surface area contributed by atoms with Gasteiger partial charge in [0.2, 0.25) is 0 Å². The Morgan fingerprint density at radius 2 is 1.76 bits per heavy atom. The van der Waals surface area contributed by atoms with E-state index in [1.807, 2.05) is 0 Å². The van der Waals surface area contributed by atoms with E-state index in [0.717, 1.165) is 0 Å². The summed E-state index contributed by atoms with van der Waals surface area (Å²) in [6.07, 6.45) is 0. The molecular weight excluding hydrogens is 313 g/mol. The van der Waals surface area contributed by atoms with Crippen LogP contribution in [0.4, 0.5) is 5.69 Å². The molecule has 0 saturated carbocycles. The maximum absolute atomic E-state index is 9.81. The van der Waals surface area contributed by atoms with Crippen molar-refractivity contribution in [1.82, 2.24) is 0 Å². The molecule has 0 aliphatic rings. The number of ether oxygens (including phenoxy) is 2. The second-order valence-electron chi connectivity index (χ2n) is 4.31. The molecule has 0 unspecified atom stereocenters. The van der Waals surface area contributed by atoms with Crippen LogP contribution < -0.4 is 14.8 Å². The second-order valence-corrected chi connectivity index (χ2v) is 5.16. The van der Waals surface area contributed by atoms with Gasteiger partial charge in [-0.2, -0.15) is 0 Å². The van der Waals surface area contributed by atoms with Crippen LogP contribution >= 0.6 is 23.2 Å². The van der Waals surface area contributed by atoms with Crippen molar-refractivity contribution in [3.8, 4) is 17.2 Å². The first-order chi connectivity index (χ1) is 10.0. The first-order valence-corrected chi connectivity index (χ1v) is 6.93. The summed E-state index contributed by atoms with van der Waals surface area (Å²) in [5.41, 5.74) is 1.39. The van der Waals surface area contributed by atoms with Crippen LogP contribution in [0.3, 0.4) is 0 Å². The molecule has 0 aliphatic carbocycles. The molecule has 0 bridgehead atoms. The predicted molar refractivity (Wildman–Crippen MR) is 85.0 cm³/mol. The predicted octanol–water partition coefficient (Wildman–Crippen LogP) is 4.33. The molecular formula is C15H15Cl2NO3. The van der Waals surface area contributed by atoms with Crippen LogP contribution in [-0.2, 0) is 6.54 Å². The minimum absolute atomic E-state index is 0.173. The van der Waals surface area contributed by atoms with Gasteiger partial charge in [-0.15, -0.1) is 0 Å². The number of methoxy groups -OCH3 is 2. The Morgan fingerprint density at radius 3 is 2.43 bits per heavy atom. The molecule has 4 nitrogen and oxygen atoms in total. The Bertz CT molecular complexity index is 647. The van der Waals surface area contributed by atoms with Crippen molar-refractivity contribution in [2.24, 2.45) is 0 Å². The maximum Gasteiger partial charge on any atom is 0.143 e. The number of anilines is 1. The van der Waals surface area contributed by atoms with Crippen molar-refractivity contribution < 1.29 is 14.6 Å². The Labute approximate surface area is 133 Å². The zero-order chi connectivity index (χ0) is 15.4. The summed E-state index contributed by atoms with van der Waals surface area (Å²) in [4.78, 5) is 0. The molecule has 0 fully saturated rings. The van der Waals surface area contributed by atoms with Gasteiger partial charge in [0.25, 0.3) is 0 Å². The van der Waals surface area contributed by atoms with E-state index in [-0.39, 0.29) is 5.75 Å². The van der Waals surface area contributed by atoms with Crippen molar-refractivity contribution in [2.45, 2.75) is 6.54 Å². The van der Waals surface area contributed by atoms with E-state index in [4.69, 9.17) is 32.7 Å². The third-order valence-corrected chi connectivity index (χ3v) is 3.52. The number of benzene rings is 2. The molecule has 0 aliphatic heterocycles. The lowest BCUT2D eigenvalue weighted by molar-refractivity contribution is 0.404. The average Bonchev–Trinajstić information content (AvgIpc) is 2.48. The van der Waals surface area contributed by atoms with E-state index in [1.54, 1.807) is 44.6 Å². The standard InChI is InChI=1S/C15H15Cl2NO3/c1-20-14-7-12(15(21-2)6-11(14)17)18-8-9-5-10(16)3-4-13(9)19/h3-7,18-19H,8H2,1-2H3. The fraction of sp³-hybridized carbons (Fsp3) is 0.200. The normalized spacial score (nSPS) is 10.3. The molecule has 6 heteroatoms. The van der Waals surface area contributed by atoms with Crippen molar-refractivity contribution in [3.05, 3.63) is 45.9 Å². The quantitative estimate of drug-likeness (QED) is 0.858. The molecule has 2 aromatic carbocycles. The monoisotopic (exact) mass is 327 g/mol. The van der Waals surface area contributed by atoms with E-state index in [1.165, 1.54) is 0 Å². The Hall–Kier alpha value is -1.78. The largest absolute Gasteiger partial charge is 0.508 e. The Balaban J connectivity index is 2.24. The second kappa shape index (κ2) is 6.78. The van der Waals surface area contributed by atoms with Crippen LogP contribution in [0, 0.1) is 0 Å². The highest BCUT2D eigenvalue weighted by Crippen LogP contribution is 2.36. The average molecular weight is 328 g/mol. The van der Waals surface area contributed by atoms with Gasteiger partial charge in [-0.25, -0.2) is 0 Å². The molecule has 2 rings (SSSR count). The lowest BCUT2D eigenvalue weighted by Gasteiger charge is -2.14. The number of phenols is 1. The van der Waals surface area contributed by atoms with E-state index >= 15 is 0 Å². The van der Waals surface area contributed by atoms with Gasteiger partial charge in [0.05, 0.1) is 24.9 Å². The van der Waals surface area contributed by atoms with Gasteiger partial charge in [-0.05, 0) is 18.2 Å². The number of aromatic hydroxyl groups is 1. The van der Waals surface area contributed by atoms with Gasteiger partial charge in [0, 0.05) is 29.3 Å². The van der Waals surface area contributed by atoms with Gasteiger partial charge in [0.15, 0.2) is 0 Å². The molecule has 112 valence electrons. The molecule has 0 amide bonds. The lowest BCUT2D eigenvalue weighted by Crippen LogP contribution is -2.02. The molecule has 0 heterocycles. The highest BCUT2D eigenvalue weighted by molar-refractivity contribution is 6.32. The summed E-state index contributed by atoms with van der Waals surface area (Å²) in [5.74, 6) is 1.30. The van der Waals surface area contributed by atoms with Crippen LogP contribution in [0.15, 0.2) is 30.3 Å². The zero-order valence-electron chi connectivity index (χ0n) is 11.6. The fourth-order valence-electron chi connectivity index (χ4n) is 1.88. The summed E-state index contributed by atoms with van der Waals surface area (Å²) in [6.45, 7) is 0.382. The minimum atomic E-state index is 0.173. The molecule has 2 N–H and O–H groups in total. The molecule has 21 heavy (non-hydrogen) atoms. The number of halogens is 2. The fourth-order valence-corrected chi connectivity index (χ4v) is 2.31. The first-order valence-electron chi connectivity index (χ1n) is 6.18. The Kier molecular flexibility index (Phi) is 5.04. The molecule has 0 saturated heterocycles. The van der Waals surface area contributed by atoms with E-state index < -0.39 is 0 Å². The number of nitrogens with one attached hydrogen (secondary N) is 1. The number of rotatable bonds is 5. The summed E-state index contributed by atoms with van der Waals surface area (Å²) in [5, 5.41) is 14.0. The minimum Gasteiger partial charge on any atom is -0.508 e. The lowest BCUT2D eigenvalue weighted by atomic mass is 10.2. The highest BCUT2D eigenvalue weighted by atomic mass is 35.5. The smallest absolute Gasteiger partial charge is 0.143 e. The van der Waals surface area contributed by atoms with Crippen molar-refractivity contribution in [2.75, 3.05) is 19.5 Å². The van der Waals surface area contributed by atoms with Crippen LogP contribution in [0.2, 0.25) is 10.0 Å².